The van der Waals surface area contributed by atoms with Crippen LogP contribution in [0.1, 0.15) is 19.8 Å². The molecule has 1 aromatic heterocycles. The smallest absolute Gasteiger partial charge is 0.224 e. The Morgan fingerprint density at radius 1 is 1.35 bits per heavy atom. The van der Waals surface area contributed by atoms with Crippen molar-refractivity contribution in [2.75, 3.05) is 36.4 Å². The monoisotopic (exact) mass is 276 g/mol. The highest BCUT2D eigenvalue weighted by atomic mass is 16.1. The first-order chi connectivity index (χ1) is 9.72. The third-order valence-corrected chi connectivity index (χ3v) is 3.30. The van der Waals surface area contributed by atoms with E-state index in [1.165, 1.54) is 0 Å². The molecule has 0 bridgehead atoms. The quantitative estimate of drug-likeness (QED) is 0.818. The van der Waals surface area contributed by atoms with Gasteiger partial charge in [-0.25, -0.2) is 4.98 Å². The normalized spacial score (nSPS) is 15.1. The zero-order valence-corrected chi connectivity index (χ0v) is 11.7. The van der Waals surface area contributed by atoms with Crippen LogP contribution in [0.3, 0.4) is 0 Å². The molecule has 0 atom stereocenters. The van der Waals surface area contributed by atoms with Crippen molar-refractivity contribution >= 4 is 23.8 Å². The number of hydrogen-bond acceptors (Lipinski definition) is 4. The van der Waals surface area contributed by atoms with E-state index < -0.39 is 0 Å². The largest absolute Gasteiger partial charge is 0.353 e. The minimum Gasteiger partial charge on any atom is -0.353 e. The molecular formula is C14H20N4O2. The lowest BCUT2D eigenvalue weighted by Crippen LogP contribution is -2.46. The summed E-state index contributed by atoms with van der Waals surface area (Å²) in [6.07, 6.45) is 3.92. The molecule has 1 aromatic rings. The van der Waals surface area contributed by atoms with Crippen molar-refractivity contribution in [3.8, 4) is 0 Å². The van der Waals surface area contributed by atoms with Gasteiger partial charge in [0.15, 0.2) is 0 Å². The highest BCUT2D eigenvalue weighted by molar-refractivity contribution is 5.90. The number of rotatable bonds is 5. The Morgan fingerprint density at radius 2 is 2.10 bits per heavy atom. The van der Waals surface area contributed by atoms with Crippen molar-refractivity contribution in [1.29, 1.82) is 0 Å². The maximum atomic E-state index is 11.5. The molecule has 2 rings (SSSR count). The highest BCUT2D eigenvalue weighted by Gasteiger charge is 2.16. The maximum absolute atomic E-state index is 11.5. The Hall–Kier alpha value is -2.11. The molecule has 1 saturated heterocycles. The maximum Gasteiger partial charge on any atom is 0.224 e. The highest BCUT2D eigenvalue weighted by Crippen LogP contribution is 2.16. The molecule has 108 valence electrons. The van der Waals surface area contributed by atoms with E-state index in [0.717, 1.165) is 50.5 Å². The summed E-state index contributed by atoms with van der Waals surface area (Å²) in [6, 6.07) is 3.76. The third-order valence-electron chi connectivity index (χ3n) is 3.30. The summed E-state index contributed by atoms with van der Waals surface area (Å²) in [5.74, 6) is 0.894. The fourth-order valence-electron chi connectivity index (χ4n) is 2.15. The van der Waals surface area contributed by atoms with Crippen LogP contribution < -0.4 is 10.2 Å². The molecule has 0 aliphatic carbocycles. The van der Waals surface area contributed by atoms with E-state index in [1.807, 2.05) is 19.1 Å². The fourth-order valence-corrected chi connectivity index (χ4v) is 2.15. The van der Waals surface area contributed by atoms with E-state index in [1.54, 1.807) is 11.1 Å². The lowest BCUT2D eigenvalue weighted by atomic mass is 10.3. The van der Waals surface area contributed by atoms with Crippen LogP contribution in [-0.2, 0) is 9.59 Å². The number of nitrogens with zero attached hydrogens (tertiary/aromatic N) is 3. The predicted octanol–water partition coefficient (Wildman–Crippen LogP) is 1.10. The van der Waals surface area contributed by atoms with E-state index in [0.29, 0.717) is 6.42 Å². The topological polar surface area (TPSA) is 65.5 Å². The van der Waals surface area contributed by atoms with Crippen LogP contribution in [0.15, 0.2) is 18.3 Å². The second kappa shape index (κ2) is 6.88. The van der Waals surface area contributed by atoms with Gasteiger partial charge in [0.05, 0.1) is 11.9 Å². The van der Waals surface area contributed by atoms with Crippen molar-refractivity contribution in [1.82, 2.24) is 9.88 Å². The number of carbonyl (C=O) groups excluding carboxylic acids is 2. The molecule has 20 heavy (non-hydrogen) atoms. The molecule has 0 saturated carbocycles. The molecule has 1 aliphatic heterocycles. The predicted molar refractivity (Wildman–Crippen MR) is 77.6 cm³/mol. The van der Waals surface area contributed by atoms with Gasteiger partial charge in [-0.3, -0.25) is 9.59 Å². The summed E-state index contributed by atoms with van der Waals surface area (Å²) in [5, 5.41) is 2.81. The van der Waals surface area contributed by atoms with Crippen LogP contribution in [-0.4, -0.2) is 48.4 Å². The number of hydrogen-bond donors (Lipinski definition) is 1. The SMILES string of the molecule is CCCC(=O)Nc1ccc(N2CCN(C=O)CC2)nc1. The number of aromatic nitrogens is 1. The van der Waals surface area contributed by atoms with Crippen molar-refractivity contribution in [3.63, 3.8) is 0 Å². The molecule has 0 unspecified atom stereocenters. The van der Waals surface area contributed by atoms with E-state index in [2.05, 4.69) is 15.2 Å². The molecule has 0 aromatic carbocycles. The summed E-state index contributed by atoms with van der Waals surface area (Å²) in [4.78, 5) is 30.4. The molecule has 1 aliphatic rings. The fraction of sp³-hybridized carbons (Fsp3) is 0.500. The molecular weight excluding hydrogens is 256 g/mol. The Balaban J connectivity index is 1.91. The molecule has 2 heterocycles. The summed E-state index contributed by atoms with van der Waals surface area (Å²) in [5.41, 5.74) is 0.721. The summed E-state index contributed by atoms with van der Waals surface area (Å²) >= 11 is 0. The van der Waals surface area contributed by atoms with Crippen LogP contribution in [0, 0.1) is 0 Å². The first-order valence-electron chi connectivity index (χ1n) is 6.93. The Morgan fingerprint density at radius 3 is 2.65 bits per heavy atom. The average molecular weight is 276 g/mol. The average Bonchev–Trinajstić information content (AvgIpc) is 2.48. The molecule has 0 radical (unpaired) electrons. The molecule has 2 amide bonds. The molecule has 1 fully saturated rings. The second-order valence-electron chi connectivity index (χ2n) is 4.83. The van der Waals surface area contributed by atoms with Crippen LogP contribution >= 0.6 is 0 Å². The molecule has 1 N–H and O–H groups in total. The first-order valence-corrected chi connectivity index (χ1v) is 6.93. The van der Waals surface area contributed by atoms with Gasteiger partial charge in [0.1, 0.15) is 5.82 Å². The van der Waals surface area contributed by atoms with E-state index in [4.69, 9.17) is 0 Å². The minimum atomic E-state index is 0.0154. The van der Waals surface area contributed by atoms with Gasteiger partial charge in [-0.2, -0.15) is 0 Å². The van der Waals surface area contributed by atoms with Crippen LogP contribution in [0.5, 0.6) is 0 Å². The van der Waals surface area contributed by atoms with Crippen LogP contribution in [0.2, 0.25) is 0 Å². The van der Waals surface area contributed by atoms with Crippen molar-refractivity contribution in [2.24, 2.45) is 0 Å². The van der Waals surface area contributed by atoms with Crippen molar-refractivity contribution in [3.05, 3.63) is 18.3 Å². The number of carbonyl (C=O) groups is 2. The number of nitrogens with one attached hydrogen (secondary N) is 1. The van der Waals surface area contributed by atoms with Crippen molar-refractivity contribution in [2.45, 2.75) is 19.8 Å². The minimum absolute atomic E-state index is 0.0154. The summed E-state index contributed by atoms with van der Waals surface area (Å²) in [6.45, 7) is 4.99. The van der Waals surface area contributed by atoms with Crippen LogP contribution in [0.25, 0.3) is 0 Å². The summed E-state index contributed by atoms with van der Waals surface area (Å²) in [7, 11) is 0. The zero-order valence-electron chi connectivity index (χ0n) is 11.7. The van der Waals surface area contributed by atoms with E-state index >= 15 is 0 Å². The standard InChI is InChI=1S/C14H20N4O2/c1-2-3-14(20)16-12-4-5-13(15-10-12)18-8-6-17(11-19)7-9-18/h4-5,10-11H,2-3,6-9H2,1H3,(H,16,20). The summed E-state index contributed by atoms with van der Waals surface area (Å²) < 4.78 is 0. The number of pyridine rings is 1. The van der Waals surface area contributed by atoms with Gasteiger partial charge < -0.3 is 15.1 Å². The van der Waals surface area contributed by atoms with E-state index in [9.17, 15) is 9.59 Å². The molecule has 0 spiro atoms. The number of piperazine rings is 1. The first kappa shape index (κ1) is 14.3. The molecule has 6 heteroatoms. The Labute approximate surface area is 118 Å². The third kappa shape index (κ3) is 3.69. The zero-order chi connectivity index (χ0) is 14.4. The van der Waals surface area contributed by atoms with Gasteiger partial charge in [0, 0.05) is 32.6 Å². The number of anilines is 2. The van der Waals surface area contributed by atoms with Gasteiger partial charge in [-0.15, -0.1) is 0 Å². The van der Waals surface area contributed by atoms with Gasteiger partial charge in [0.25, 0.3) is 0 Å². The van der Waals surface area contributed by atoms with Gasteiger partial charge >= 0.3 is 0 Å². The lowest BCUT2D eigenvalue weighted by Gasteiger charge is -2.33. The van der Waals surface area contributed by atoms with E-state index in [-0.39, 0.29) is 5.91 Å². The van der Waals surface area contributed by atoms with Gasteiger partial charge in [-0.1, -0.05) is 6.92 Å². The van der Waals surface area contributed by atoms with Crippen molar-refractivity contribution < 1.29 is 9.59 Å². The second-order valence-corrected chi connectivity index (χ2v) is 4.83. The van der Waals surface area contributed by atoms with Gasteiger partial charge in [-0.05, 0) is 18.6 Å². The number of amides is 2. The Kier molecular flexibility index (Phi) is 4.92. The van der Waals surface area contributed by atoms with Crippen LogP contribution in [0.4, 0.5) is 11.5 Å². The Bertz CT molecular complexity index is 453. The lowest BCUT2D eigenvalue weighted by molar-refractivity contribution is -0.118. The van der Waals surface area contributed by atoms with Gasteiger partial charge in [0.2, 0.25) is 12.3 Å². The molecule has 6 nitrogen and oxygen atoms in total.